The van der Waals surface area contributed by atoms with Crippen LogP contribution in [0.1, 0.15) is 78.6 Å². The van der Waals surface area contributed by atoms with E-state index in [1.54, 1.807) is 25.7 Å². The Morgan fingerprint density at radius 2 is 1.64 bits per heavy atom. The topological polar surface area (TPSA) is 99.0 Å². The molecule has 50 heavy (non-hydrogen) atoms. The summed E-state index contributed by atoms with van der Waals surface area (Å²) in [6.07, 6.45) is 0.903. The zero-order valence-electron chi connectivity index (χ0n) is 29.7. The van der Waals surface area contributed by atoms with Crippen molar-refractivity contribution in [3.05, 3.63) is 69.8 Å². The van der Waals surface area contributed by atoms with E-state index in [9.17, 15) is 9.59 Å². The maximum absolute atomic E-state index is 17.5. The van der Waals surface area contributed by atoms with E-state index in [0.717, 1.165) is 16.7 Å². The number of aromatic nitrogens is 3. The molecule has 4 aromatic rings. The Hall–Kier alpha value is -4.81. The zero-order chi connectivity index (χ0) is 36.4. The Balaban J connectivity index is 1.70. The van der Waals surface area contributed by atoms with Crippen molar-refractivity contribution in [2.45, 2.75) is 84.9 Å². The molecule has 2 aliphatic heterocycles. The SMILES string of the molecule is COc1cccc(F)c1-c1c(F)cc2c3c(c(=O)n(-c4c(C(C)C)ncnc4C(C)C)c2c1F)OC[C@H]1CN(C(=O)OC(C)(C)C)[C@H](C)CN31. The van der Waals surface area contributed by atoms with E-state index in [2.05, 4.69) is 9.97 Å². The normalized spacial score (nSPS) is 17.6. The van der Waals surface area contributed by atoms with Crippen LogP contribution in [0.25, 0.3) is 27.7 Å². The molecule has 0 saturated carbocycles. The van der Waals surface area contributed by atoms with Crippen LogP contribution >= 0.6 is 0 Å². The van der Waals surface area contributed by atoms with Gasteiger partial charge in [0.2, 0.25) is 5.75 Å². The summed E-state index contributed by atoms with van der Waals surface area (Å²) in [7, 11) is 1.28. The molecular formula is C37H42F3N5O5. The van der Waals surface area contributed by atoms with Gasteiger partial charge in [0.15, 0.2) is 5.82 Å². The minimum atomic E-state index is -1.17. The van der Waals surface area contributed by atoms with Crippen LogP contribution in [-0.4, -0.2) is 70.0 Å². The van der Waals surface area contributed by atoms with Gasteiger partial charge in [-0.25, -0.2) is 27.9 Å². The molecular weight excluding hydrogens is 651 g/mol. The van der Waals surface area contributed by atoms with Crippen LogP contribution in [0.15, 0.2) is 35.4 Å². The summed E-state index contributed by atoms with van der Waals surface area (Å²) in [4.78, 5) is 40.5. The van der Waals surface area contributed by atoms with Crippen molar-refractivity contribution in [2.24, 2.45) is 0 Å². The molecule has 2 aromatic carbocycles. The van der Waals surface area contributed by atoms with Gasteiger partial charge in [-0.1, -0.05) is 33.8 Å². The predicted octanol–water partition coefficient (Wildman–Crippen LogP) is 7.33. The third-order valence-corrected chi connectivity index (χ3v) is 9.10. The fraction of sp³-hybridized carbons (Fsp3) is 0.459. The van der Waals surface area contributed by atoms with Crippen LogP contribution in [0.3, 0.4) is 0 Å². The number of piperazine rings is 1. The predicted molar refractivity (Wildman–Crippen MR) is 184 cm³/mol. The third kappa shape index (κ3) is 5.79. The smallest absolute Gasteiger partial charge is 0.410 e. The number of hydrogen-bond acceptors (Lipinski definition) is 8. The first-order valence-corrected chi connectivity index (χ1v) is 16.7. The molecule has 6 rings (SSSR count). The molecule has 0 spiro atoms. The van der Waals surface area contributed by atoms with Crippen molar-refractivity contribution in [3.63, 3.8) is 0 Å². The number of hydrogen-bond donors (Lipinski definition) is 0. The van der Waals surface area contributed by atoms with Crippen LogP contribution in [-0.2, 0) is 4.74 Å². The molecule has 4 heterocycles. The lowest BCUT2D eigenvalue weighted by Gasteiger charge is -2.48. The van der Waals surface area contributed by atoms with Crippen molar-refractivity contribution in [1.82, 2.24) is 19.4 Å². The van der Waals surface area contributed by atoms with Gasteiger partial charge in [-0.05, 0) is 57.7 Å². The van der Waals surface area contributed by atoms with Gasteiger partial charge in [0, 0.05) is 24.5 Å². The molecule has 266 valence electrons. The summed E-state index contributed by atoms with van der Waals surface area (Å²) < 4.78 is 67.8. The number of nitrogens with zero attached hydrogens (tertiary/aromatic N) is 5. The highest BCUT2D eigenvalue weighted by atomic mass is 19.1. The van der Waals surface area contributed by atoms with E-state index in [1.165, 1.54) is 25.6 Å². The van der Waals surface area contributed by atoms with Gasteiger partial charge in [-0.3, -0.25) is 9.36 Å². The van der Waals surface area contributed by atoms with Crippen LogP contribution in [0.2, 0.25) is 0 Å². The average Bonchev–Trinajstić information content (AvgIpc) is 3.04. The average molecular weight is 694 g/mol. The molecule has 0 unspecified atom stereocenters. The highest BCUT2D eigenvalue weighted by molar-refractivity contribution is 6.00. The molecule has 2 aliphatic rings. The van der Waals surface area contributed by atoms with Gasteiger partial charge < -0.3 is 24.0 Å². The van der Waals surface area contributed by atoms with Crippen molar-refractivity contribution < 1.29 is 32.2 Å². The van der Waals surface area contributed by atoms with Gasteiger partial charge in [0.25, 0.3) is 5.56 Å². The molecule has 1 fully saturated rings. The van der Waals surface area contributed by atoms with Crippen LogP contribution in [0.5, 0.6) is 11.5 Å². The van der Waals surface area contributed by atoms with Crippen molar-refractivity contribution >= 4 is 22.7 Å². The molecule has 0 radical (unpaired) electrons. The number of benzene rings is 2. The highest BCUT2D eigenvalue weighted by Gasteiger charge is 2.43. The first-order chi connectivity index (χ1) is 23.5. The lowest BCUT2D eigenvalue weighted by atomic mass is 9.96. The quantitative estimate of drug-likeness (QED) is 0.214. The van der Waals surface area contributed by atoms with Crippen LogP contribution < -0.4 is 19.9 Å². The molecule has 0 aliphatic carbocycles. The Labute approximate surface area is 288 Å². The van der Waals surface area contributed by atoms with Gasteiger partial charge in [0.05, 0.1) is 52.6 Å². The number of methoxy groups -OCH3 is 1. The number of fused-ring (bicyclic) bond motifs is 5. The molecule has 10 nitrogen and oxygen atoms in total. The third-order valence-electron chi connectivity index (χ3n) is 9.10. The first kappa shape index (κ1) is 35.0. The number of ether oxygens (including phenoxy) is 3. The summed E-state index contributed by atoms with van der Waals surface area (Å²) in [6, 6.07) is 4.11. The van der Waals surface area contributed by atoms with Crippen LogP contribution in [0.4, 0.5) is 23.7 Å². The summed E-state index contributed by atoms with van der Waals surface area (Å²) in [5, 5.41) is 0.0320. The van der Waals surface area contributed by atoms with E-state index in [0.29, 0.717) is 11.4 Å². The first-order valence-electron chi connectivity index (χ1n) is 16.7. The molecule has 13 heteroatoms. The minimum Gasteiger partial charge on any atom is -0.496 e. The van der Waals surface area contributed by atoms with Crippen molar-refractivity contribution in [1.29, 1.82) is 0 Å². The highest BCUT2D eigenvalue weighted by Crippen LogP contribution is 2.46. The summed E-state index contributed by atoms with van der Waals surface area (Å²) in [6.45, 7) is 15.2. The Bertz CT molecular complexity index is 2030. The summed E-state index contributed by atoms with van der Waals surface area (Å²) in [5.74, 6) is -3.79. The Morgan fingerprint density at radius 3 is 2.24 bits per heavy atom. The monoisotopic (exact) mass is 693 g/mol. The fourth-order valence-electron chi connectivity index (χ4n) is 6.90. The molecule has 0 bridgehead atoms. The van der Waals surface area contributed by atoms with E-state index >= 15 is 13.2 Å². The van der Waals surface area contributed by atoms with Crippen molar-refractivity contribution in [3.8, 4) is 28.3 Å². The Kier molecular flexibility index (Phi) is 8.98. The van der Waals surface area contributed by atoms with E-state index < -0.39 is 57.9 Å². The zero-order valence-corrected chi connectivity index (χ0v) is 29.7. The number of pyridine rings is 1. The van der Waals surface area contributed by atoms with Gasteiger partial charge in [-0.2, -0.15) is 0 Å². The second-order valence-electron chi connectivity index (χ2n) is 14.5. The maximum atomic E-state index is 17.5. The van der Waals surface area contributed by atoms with Crippen LogP contribution in [0, 0.1) is 17.5 Å². The molecule has 0 N–H and O–H groups in total. The second-order valence-corrected chi connectivity index (χ2v) is 14.5. The lowest BCUT2D eigenvalue weighted by Crippen LogP contribution is -2.62. The largest absolute Gasteiger partial charge is 0.496 e. The van der Waals surface area contributed by atoms with E-state index in [1.807, 2.05) is 39.5 Å². The molecule has 1 amide bonds. The molecule has 1 saturated heterocycles. The van der Waals surface area contributed by atoms with E-state index in [4.69, 9.17) is 14.2 Å². The van der Waals surface area contributed by atoms with E-state index in [-0.39, 0.29) is 65.3 Å². The minimum absolute atomic E-state index is 0.0224. The summed E-state index contributed by atoms with van der Waals surface area (Å²) in [5.41, 5.74) is -1.45. The molecule has 2 aromatic heterocycles. The number of carbonyl (C=O) groups is 1. The Morgan fingerprint density at radius 1 is 0.980 bits per heavy atom. The number of carbonyl (C=O) groups excluding carboxylic acids is 1. The number of rotatable bonds is 5. The van der Waals surface area contributed by atoms with Crippen molar-refractivity contribution in [2.75, 3.05) is 31.7 Å². The second kappa shape index (κ2) is 12.8. The number of amides is 1. The standard InChI is InChI=1S/C37H42F3N5O5/c1-18(2)29-33(30(19(3)4)42-17-41-29)45-31-22(13-24(39)27(28(31)40)26-23(38)11-10-12-25(26)48-9)32-34(35(45)46)49-16-21-15-43(20(5)14-44(21)32)36(47)50-37(6,7)8/h10-13,17-21H,14-16H2,1-9H3/t20-,21-/m1/s1. The molecule has 2 atom stereocenters. The van der Waals surface area contributed by atoms with Gasteiger partial charge in [0.1, 0.15) is 35.9 Å². The summed E-state index contributed by atoms with van der Waals surface area (Å²) >= 11 is 0. The number of halogens is 3. The number of anilines is 1. The van der Waals surface area contributed by atoms with Gasteiger partial charge >= 0.3 is 6.09 Å². The lowest BCUT2D eigenvalue weighted by molar-refractivity contribution is 0.00992. The fourth-order valence-corrected chi connectivity index (χ4v) is 6.90. The maximum Gasteiger partial charge on any atom is 0.410 e. The van der Waals surface area contributed by atoms with Gasteiger partial charge in [-0.15, -0.1) is 0 Å².